The van der Waals surface area contributed by atoms with Crippen molar-refractivity contribution < 1.29 is 0 Å². The summed E-state index contributed by atoms with van der Waals surface area (Å²) < 4.78 is 0. The third-order valence-electron chi connectivity index (χ3n) is 4.10. The van der Waals surface area contributed by atoms with Gasteiger partial charge in [-0.05, 0) is 37.8 Å². The molecule has 2 heterocycles. The molecule has 1 unspecified atom stereocenters. The van der Waals surface area contributed by atoms with E-state index in [1.54, 1.807) is 0 Å². The van der Waals surface area contributed by atoms with E-state index in [4.69, 9.17) is 4.98 Å². The molecule has 92 valence electrons. The van der Waals surface area contributed by atoms with Gasteiger partial charge in [0.05, 0.1) is 5.69 Å². The fourth-order valence-electron chi connectivity index (χ4n) is 3.13. The van der Waals surface area contributed by atoms with E-state index in [9.17, 15) is 0 Å². The molecule has 17 heavy (non-hydrogen) atoms. The van der Waals surface area contributed by atoms with Gasteiger partial charge in [0.2, 0.25) is 5.95 Å². The number of aryl methyl sites for hydroxylation is 1. The molecule has 1 aliphatic carbocycles. The fourth-order valence-corrected chi connectivity index (χ4v) is 3.13. The molecule has 0 amide bonds. The summed E-state index contributed by atoms with van der Waals surface area (Å²) in [6.45, 7) is 2.24. The predicted octanol–water partition coefficient (Wildman–Crippen LogP) is 1.11. The van der Waals surface area contributed by atoms with Gasteiger partial charge in [0, 0.05) is 32.3 Å². The van der Waals surface area contributed by atoms with Gasteiger partial charge in [-0.1, -0.05) is 0 Å². The topological polar surface area (TPSA) is 41.1 Å². The number of nitrogens with zero attached hydrogens (tertiary/aromatic N) is 3. The van der Waals surface area contributed by atoms with Crippen LogP contribution < -0.4 is 10.2 Å². The van der Waals surface area contributed by atoms with E-state index in [1.165, 1.54) is 30.5 Å². The number of rotatable bonds is 1. The highest BCUT2D eigenvalue weighted by atomic mass is 15.2. The van der Waals surface area contributed by atoms with Crippen LogP contribution in [0.2, 0.25) is 0 Å². The zero-order valence-electron chi connectivity index (χ0n) is 10.7. The van der Waals surface area contributed by atoms with E-state index >= 15 is 0 Å². The zero-order chi connectivity index (χ0) is 11.9. The molecule has 4 nitrogen and oxygen atoms in total. The molecule has 1 atom stereocenters. The van der Waals surface area contributed by atoms with Crippen LogP contribution in [0.4, 0.5) is 5.95 Å². The molecule has 1 saturated heterocycles. The SMILES string of the molecule is CN(C)c1ncc2c(n1)C1(CCCNC1)CC2. The summed E-state index contributed by atoms with van der Waals surface area (Å²) in [6, 6.07) is 0. The summed E-state index contributed by atoms with van der Waals surface area (Å²) in [5, 5.41) is 3.53. The number of piperidine rings is 1. The van der Waals surface area contributed by atoms with Gasteiger partial charge in [0.15, 0.2) is 0 Å². The van der Waals surface area contributed by atoms with Crippen LogP contribution in [0.25, 0.3) is 0 Å². The van der Waals surface area contributed by atoms with E-state index in [-0.39, 0.29) is 0 Å². The third-order valence-corrected chi connectivity index (χ3v) is 4.10. The minimum Gasteiger partial charge on any atom is -0.347 e. The predicted molar refractivity (Wildman–Crippen MR) is 68.5 cm³/mol. The Labute approximate surface area is 102 Å². The van der Waals surface area contributed by atoms with Gasteiger partial charge in [0.25, 0.3) is 0 Å². The van der Waals surface area contributed by atoms with E-state index in [0.717, 1.165) is 25.5 Å². The molecule has 3 rings (SSSR count). The zero-order valence-corrected chi connectivity index (χ0v) is 10.7. The number of hydrogen-bond acceptors (Lipinski definition) is 4. The smallest absolute Gasteiger partial charge is 0.225 e. The number of nitrogens with one attached hydrogen (secondary N) is 1. The average molecular weight is 232 g/mol. The van der Waals surface area contributed by atoms with Crippen LogP contribution in [0.5, 0.6) is 0 Å². The second-order valence-electron chi connectivity index (χ2n) is 5.50. The molecule has 1 spiro atoms. The molecule has 1 fully saturated rings. The maximum Gasteiger partial charge on any atom is 0.225 e. The van der Waals surface area contributed by atoms with Crippen molar-refractivity contribution in [3.63, 3.8) is 0 Å². The normalized spacial score (nSPS) is 27.2. The van der Waals surface area contributed by atoms with E-state index < -0.39 is 0 Å². The largest absolute Gasteiger partial charge is 0.347 e. The number of anilines is 1. The van der Waals surface area contributed by atoms with Crippen LogP contribution in [-0.2, 0) is 11.8 Å². The van der Waals surface area contributed by atoms with Crippen LogP contribution in [0.1, 0.15) is 30.5 Å². The monoisotopic (exact) mass is 232 g/mol. The van der Waals surface area contributed by atoms with Crippen molar-refractivity contribution >= 4 is 5.95 Å². The Morgan fingerprint density at radius 2 is 2.24 bits per heavy atom. The minimum absolute atomic E-state index is 0.293. The number of fused-ring (bicyclic) bond motifs is 2. The Hall–Kier alpha value is -1.16. The number of hydrogen-bond donors (Lipinski definition) is 1. The first-order valence-corrected chi connectivity index (χ1v) is 6.46. The summed E-state index contributed by atoms with van der Waals surface area (Å²) in [6.07, 6.45) is 6.95. The van der Waals surface area contributed by atoms with Crippen molar-refractivity contribution in [1.29, 1.82) is 0 Å². The lowest BCUT2D eigenvalue weighted by molar-refractivity contribution is 0.305. The first-order chi connectivity index (χ1) is 8.21. The first kappa shape index (κ1) is 11.0. The molecule has 0 aromatic carbocycles. The molecule has 4 heteroatoms. The highest BCUT2D eigenvalue weighted by Crippen LogP contribution is 2.42. The minimum atomic E-state index is 0.293. The van der Waals surface area contributed by atoms with E-state index in [2.05, 4.69) is 10.3 Å². The van der Waals surface area contributed by atoms with Crippen molar-refractivity contribution in [2.24, 2.45) is 0 Å². The van der Waals surface area contributed by atoms with Gasteiger partial charge in [-0.2, -0.15) is 0 Å². The summed E-state index contributed by atoms with van der Waals surface area (Å²) in [5.74, 6) is 0.843. The molecule has 0 bridgehead atoms. The molecule has 0 radical (unpaired) electrons. The lowest BCUT2D eigenvalue weighted by Gasteiger charge is -2.34. The van der Waals surface area contributed by atoms with Gasteiger partial charge < -0.3 is 10.2 Å². The Balaban J connectivity index is 2.02. The Morgan fingerprint density at radius 3 is 2.94 bits per heavy atom. The Morgan fingerprint density at radius 1 is 1.35 bits per heavy atom. The molecule has 1 aromatic heterocycles. The maximum absolute atomic E-state index is 4.80. The second kappa shape index (κ2) is 3.95. The molecule has 1 N–H and O–H groups in total. The van der Waals surface area contributed by atoms with Gasteiger partial charge in [-0.3, -0.25) is 0 Å². The fraction of sp³-hybridized carbons (Fsp3) is 0.692. The molecule has 0 saturated carbocycles. The Kier molecular flexibility index (Phi) is 2.54. The summed E-state index contributed by atoms with van der Waals surface area (Å²) in [4.78, 5) is 11.2. The van der Waals surface area contributed by atoms with Crippen LogP contribution in [0.15, 0.2) is 6.20 Å². The highest BCUT2D eigenvalue weighted by molar-refractivity contribution is 5.39. The molecule has 2 aliphatic rings. The average Bonchev–Trinajstić information content (AvgIpc) is 2.69. The quantitative estimate of drug-likeness (QED) is 0.787. The van der Waals surface area contributed by atoms with Gasteiger partial charge in [0.1, 0.15) is 0 Å². The van der Waals surface area contributed by atoms with Gasteiger partial charge in [-0.25, -0.2) is 9.97 Å². The van der Waals surface area contributed by atoms with Crippen molar-refractivity contribution in [2.75, 3.05) is 32.1 Å². The molecular formula is C13H20N4. The van der Waals surface area contributed by atoms with E-state index in [1.807, 2.05) is 25.2 Å². The lowest BCUT2D eigenvalue weighted by atomic mass is 9.78. The van der Waals surface area contributed by atoms with E-state index in [0.29, 0.717) is 5.41 Å². The van der Waals surface area contributed by atoms with Crippen LogP contribution >= 0.6 is 0 Å². The van der Waals surface area contributed by atoms with Crippen molar-refractivity contribution in [2.45, 2.75) is 31.1 Å². The van der Waals surface area contributed by atoms with Crippen molar-refractivity contribution in [3.8, 4) is 0 Å². The second-order valence-corrected chi connectivity index (χ2v) is 5.50. The molecule has 1 aliphatic heterocycles. The first-order valence-electron chi connectivity index (χ1n) is 6.46. The van der Waals surface area contributed by atoms with Gasteiger partial charge in [-0.15, -0.1) is 0 Å². The van der Waals surface area contributed by atoms with Crippen LogP contribution in [0.3, 0.4) is 0 Å². The van der Waals surface area contributed by atoms with Crippen molar-refractivity contribution in [1.82, 2.24) is 15.3 Å². The molecular weight excluding hydrogens is 212 g/mol. The summed E-state index contributed by atoms with van der Waals surface area (Å²) in [5.41, 5.74) is 2.96. The van der Waals surface area contributed by atoms with Gasteiger partial charge >= 0.3 is 0 Å². The third kappa shape index (κ3) is 1.71. The van der Waals surface area contributed by atoms with Crippen LogP contribution in [0, 0.1) is 0 Å². The lowest BCUT2D eigenvalue weighted by Crippen LogP contribution is -2.42. The van der Waals surface area contributed by atoms with Crippen LogP contribution in [-0.4, -0.2) is 37.2 Å². The Bertz CT molecular complexity index is 416. The summed E-state index contributed by atoms with van der Waals surface area (Å²) >= 11 is 0. The summed E-state index contributed by atoms with van der Waals surface area (Å²) in [7, 11) is 4.00. The standard InChI is InChI=1S/C13H20N4/c1-17(2)12-15-8-10-4-6-13(11(10)16-12)5-3-7-14-9-13/h8,14H,3-7,9H2,1-2H3. The molecule has 1 aromatic rings. The maximum atomic E-state index is 4.80. The number of aromatic nitrogens is 2. The highest BCUT2D eigenvalue weighted by Gasteiger charge is 2.41. The van der Waals surface area contributed by atoms with Crippen molar-refractivity contribution in [3.05, 3.63) is 17.5 Å².